The molecule has 3 rings (SSSR count). The summed E-state index contributed by atoms with van der Waals surface area (Å²) in [5.74, 6) is 0.241. The molecule has 0 amide bonds. The van der Waals surface area contributed by atoms with E-state index in [1.54, 1.807) is 7.11 Å². The Morgan fingerprint density at radius 3 is 3.10 bits per heavy atom. The van der Waals surface area contributed by atoms with E-state index in [0.29, 0.717) is 17.3 Å². The first-order valence-electron chi connectivity index (χ1n) is 7.69. The molecule has 2 heterocycles. The highest BCUT2D eigenvalue weighted by molar-refractivity contribution is 5.93. The normalized spacial score (nSPS) is 21.4. The first-order valence-corrected chi connectivity index (χ1v) is 7.69. The Morgan fingerprint density at radius 2 is 2.33 bits per heavy atom. The Hall–Kier alpha value is -1.62. The van der Waals surface area contributed by atoms with Crippen LogP contribution < -0.4 is 4.90 Å². The van der Waals surface area contributed by atoms with Gasteiger partial charge in [-0.15, -0.1) is 0 Å². The molecule has 0 spiro atoms. The maximum atomic E-state index is 11.6. The molecular weight excluding hydrogens is 268 g/mol. The molecule has 0 aromatic carbocycles. The maximum absolute atomic E-state index is 11.6. The van der Waals surface area contributed by atoms with E-state index in [0.717, 1.165) is 63.1 Å². The molecular formula is C16H22N2O3. The highest BCUT2D eigenvalue weighted by atomic mass is 16.5. The lowest BCUT2D eigenvalue weighted by Gasteiger charge is -2.34. The summed E-state index contributed by atoms with van der Waals surface area (Å²) >= 11 is 0. The topological polar surface area (TPSA) is 62.7 Å². The van der Waals surface area contributed by atoms with Crippen LogP contribution >= 0.6 is 0 Å². The quantitative estimate of drug-likeness (QED) is 0.920. The first-order chi connectivity index (χ1) is 10.2. The van der Waals surface area contributed by atoms with E-state index in [1.807, 2.05) is 6.07 Å². The number of fused-ring (bicyclic) bond motifs is 1. The zero-order chi connectivity index (χ0) is 14.8. The van der Waals surface area contributed by atoms with Crippen molar-refractivity contribution >= 4 is 11.8 Å². The number of pyridine rings is 1. The molecule has 114 valence electrons. The molecule has 1 aromatic heterocycles. The second-order valence-electron chi connectivity index (χ2n) is 6.03. The maximum Gasteiger partial charge on any atom is 0.339 e. The number of aromatic carboxylic acids is 1. The molecule has 1 aliphatic heterocycles. The van der Waals surface area contributed by atoms with E-state index >= 15 is 0 Å². The largest absolute Gasteiger partial charge is 0.478 e. The molecule has 1 N–H and O–H groups in total. The van der Waals surface area contributed by atoms with Gasteiger partial charge >= 0.3 is 5.97 Å². The van der Waals surface area contributed by atoms with Crippen molar-refractivity contribution in [2.75, 3.05) is 31.7 Å². The van der Waals surface area contributed by atoms with E-state index in [9.17, 15) is 9.90 Å². The Bertz CT molecular complexity index is 543. The number of anilines is 1. The number of piperidine rings is 1. The van der Waals surface area contributed by atoms with Gasteiger partial charge in [-0.1, -0.05) is 0 Å². The predicted octanol–water partition coefficient (Wildman–Crippen LogP) is 2.13. The fraction of sp³-hybridized carbons (Fsp3) is 0.625. The molecule has 21 heavy (non-hydrogen) atoms. The molecule has 1 aromatic rings. The first kappa shape index (κ1) is 14.3. The number of carboxylic acid groups (broad SMARTS) is 1. The number of ether oxygens (including phenoxy) is 1. The number of nitrogens with zero attached hydrogens (tertiary/aromatic N) is 2. The van der Waals surface area contributed by atoms with Gasteiger partial charge in [0.15, 0.2) is 0 Å². The van der Waals surface area contributed by atoms with Crippen LogP contribution in [0.3, 0.4) is 0 Å². The van der Waals surface area contributed by atoms with Crippen molar-refractivity contribution in [3.8, 4) is 0 Å². The number of carbonyl (C=O) groups is 1. The number of aryl methyl sites for hydroxylation is 2. The van der Waals surface area contributed by atoms with Crippen molar-refractivity contribution in [3.05, 3.63) is 22.9 Å². The highest BCUT2D eigenvalue weighted by Gasteiger charge is 2.27. The van der Waals surface area contributed by atoms with Gasteiger partial charge in [-0.05, 0) is 49.7 Å². The molecule has 0 bridgehead atoms. The van der Waals surface area contributed by atoms with Gasteiger partial charge in [0.2, 0.25) is 0 Å². The van der Waals surface area contributed by atoms with Crippen LogP contribution in [0, 0.1) is 5.92 Å². The van der Waals surface area contributed by atoms with Crippen molar-refractivity contribution in [3.63, 3.8) is 0 Å². The van der Waals surface area contributed by atoms with Crippen molar-refractivity contribution in [2.24, 2.45) is 5.92 Å². The van der Waals surface area contributed by atoms with Gasteiger partial charge in [-0.2, -0.15) is 0 Å². The van der Waals surface area contributed by atoms with E-state index in [2.05, 4.69) is 4.90 Å². The summed E-state index contributed by atoms with van der Waals surface area (Å²) in [6.07, 6.45) is 5.20. The Labute approximate surface area is 124 Å². The minimum atomic E-state index is -0.874. The van der Waals surface area contributed by atoms with Crippen molar-refractivity contribution in [1.29, 1.82) is 0 Å². The molecule has 1 saturated heterocycles. The number of rotatable bonds is 4. The van der Waals surface area contributed by atoms with Crippen molar-refractivity contribution in [1.82, 2.24) is 4.98 Å². The third kappa shape index (κ3) is 2.88. The Balaban J connectivity index is 1.91. The van der Waals surface area contributed by atoms with Gasteiger partial charge in [-0.25, -0.2) is 9.78 Å². The summed E-state index contributed by atoms with van der Waals surface area (Å²) in [7, 11) is 1.72. The lowest BCUT2D eigenvalue weighted by atomic mass is 9.98. The van der Waals surface area contributed by atoms with E-state index < -0.39 is 5.97 Å². The molecule has 1 unspecified atom stereocenters. The number of hydrogen-bond acceptors (Lipinski definition) is 4. The average molecular weight is 290 g/mol. The van der Waals surface area contributed by atoms with Crippen LogP contribution in [0.5, 0.6) is 0 Å². The van der Waals surface area contributed by atoms with Gasteiger partial charge in [-0.3, -0.25) is 0 Å². The summed E-state index contributed by atoms with van der Waals surface area (Å²) < 4.78 is 5.25. The van der Waals surface area contributed by atoms with Crippen LogP contribution in [-0.2, 0) is 17.6 Å². The van der Waals surface area contributed by atoms with Crippen LogP contribution in [-0.4, -0.2) is 42.9 Å². The van der Waals surface area contributed by atoms with Crippen molar-refractivity contribution < 1.29 is 14.6 Å². The molecule has 5 heteroatoms. The minimum Gasteiger partial charge on any atom is -0.478 e. The average Bonchev–Trinajstić information content (AvgIpc) is 2.94. The van der Waals surface area contributed by atoms with E-state index in [-0.39, 0.29) is 0 Å². The van der Waals surface area contributed by atoms with Gasteiger partial charge in [0.1, 0.15) is 11.4 Å². The second-order valence-corrected chi connectivity index (χ2v) is 6.03. The fourth-order valence-corrected chi connectivity index (χ4v) is 3.49. The minimum absolute atomic E-state index is 0.355. The molecule has 0 saturated carbocycles. The van der Waals surface area contributed by atoms with Crippen LogP contribution in [0.15, 0.2) is 6.07 Å². The monoisotopic (exact) mass is 290 g/mol. The molecule has 1 aliphatic carbocycles. The third-order valence-electron chi connectivity index (χ3n) is 4.48. The molecule has 5 nitrogen and oxygen atoms in total. The molecule has 1 fully saturated rings. The van der Waals surface area contributed by atoms with Gasteiger partial charge in [0, 0.05) is 25.9 Å². The van der Waals surface area contributed by atoms with Crippen LogP contribution in [0.25, 0.3) is 0 Å². The van der Waals surface area contributed by atoms with Gasteiger partial charge in [0.05, 0.1) is 6.61 Å². The number of methoxy groups -OCH3 is 1. The molecule has 1 atom stereocenters. The van der Waals surface area contributed by atoms with Gasteiger partial charge in [0.25, 0.3) is 0 Å². The second kappa shape index (κ2) is 6.02. The number of aromatic nitrogens is 1. The Kier molecular flexibility index (Phi) is 4.10. The van der Waals surface area contributed by atoms with E-state index in [4.69, 9.17) is 9.72 Å². The van der Waals surface area contributed by atoms with Crippen LogP contribution in [0.4, 0.5) is 5.82 Å². The van der Waals surface area contributed by atoms with E-state index in [1.165, 1.54) is 0 Å². The standard InChI is InChI=1S/C16H22N2O3/c1-21-10-11-4-3-7-18(9-11)15-13(16(19)20)8-12-5-2-6-14(12)17-15/h8,11H,2-7,9-10H2,1H3,(H,19,20). The number of hydrogen-bond donors (Lipinski definition) is 1. The third-order valence-corrected chi connectivity index (χ3v) is 4.48. The lowest BCUT2D eigenvalue weighted by Crippen LogP contribution is -2.38. The summed E-state index contributed by atoms with van der Waals surface area (Å²) in [5.41, 5.74) is 2.55. The SMILES string of the molecule is COCC1CCCN(c2nc3c(cc2C(=O)O)CCC3)C1. The lowest BCUT2D eigenvalue weighted by molar-refractivity contribution is 0.0696. The Morgan fingerprint density at radius 1 is 1.48 bits per heavy atom. The summed E-state index contributed by atoms with van der Waals surface area (Å²) in [6, 6.07) is 1.84. The zero-order valence-corrected chi connectivity index (χ0v) is 12.5. The fourth-order valence-electron chi connectivity index (χ4n) is 3.49. The summed E-state index contributed by atoms with van der Waals surface area (Å²) in [5, 5.41) is 9.51. The predicted molar refractivity (Wildman–Crippen MR) is 80.0 cm³/mol. The highest BCUT2D eigenvalue weighted by Crippen LogP contribution is 2.30. The van der Waals surface area contributed by atoms with Crippen LogP contribution in [0.1, 0.15) is 40.9 Å². The van der Waals surface area contributed by atoms with Gasteiger partial charge < -0.3 is 14.7 Å². The summed E-state index contributed by atoms with van der Waals surface area (Å²) in [6.45, 7) is 2.44. The van der Waals surface area contributed by atoms with Crippen LogP contribution in [0.2, 0.25) is 0 Å². The number of carboxylic acids is 1. The molecule has 0 radical (unpaired) electrons. The zero-order valence-electron chi connectivity index (χ0n) is 12.5. The molecule has 2 aliphatic rings. The summed E-state index contributed by atoms with van der Waals surface area (Å²) in [4.78, 5) is 18.4. The van der Waals surface area contributed by atoms with Crippen molar-refractivity contribution in [2.45, 2.75) is 32.1 Å². The smallest absolute Gasteiger partial charge is 0.339 e.